The van der Waals surface area contributed by atoms with E-state index in [0.29, 0.717) is 12.4 Å². The van der Waals surface area contributed by atoms with Gasteiger partial charge in [-0.2, -0.15) is 0 Å². The van der Waals surface area contributed by atoms with E-state index in [2.05, 4.69) is 16.0 Å². The molecule has 0 aromatic heterocycles. The Labute approximate surface area is 258 Å². The molecule has 0 saturated carbocycles. The van der Waals surface area contributed by atoms with Gasteiger partial charge in [0.15, 0.2) is 0 Å². The maximum atomic E-state index is 13.5. The summed E-state index contributed by atoms with van der Waals surface area (Å²) in [5.41, 5.74) is 1.89. The number of amides is 3. The van der Waals surface area contributed by atoms with Crippen molar-refractivity contribution in [3.05, 3.63) is 102 Å². The normalized spacial score (nSPS) is 12.3. The van der Waals surface area contributed by atoms with Crippen molar-refractivity contribution in [1.82, 2.24) is 16.0 Å². The van der Waals surface area contributed by atoms with E-state index in [1.54, 1.807) is 39.8 Å². The molecule has 0 aliphatic heterocycles. The molecule has 0 heterocycles. The van der Waals surface area contributed by atoms with E-state index in [1.807, 2.05) is 72.8 Å². The van der Waals surface area contributed by atoms with Gasteiger partial charge in [-0.15, -0.1) is 0 Å². The lowest BCUT2D eigenvalue weighted by Crippen LogP contribution is -2.54. The number of nitrogens with one attached hydrogen (secondary N) is 3. The number of hydrogen-bond acceptors (Lipinski definition) is 7. The summed E-state index contributed by atoms with van der Waals surface area (Å²) in [6.45, 7) is 6.98. The molecule has 0 unspecified atom stereocenters. The highest BCUT2D eigenvalue weighted by Gasteiger charge is 2.28. The van der Waals surface area contributed by atoms with Crippen LogP contribution in [-0.2, 0) is 43.3 Å². The smallest absolute Gasteiger partial charge is 0.408 e. The molecular weight excluding hydrogens is 562 g/mol. The van der Waals surface area contributed by atoms with Crippen LogP contribution in [0.3, 0.4) is 0 Å². The second-order valence-corrected chi connectivity index (χ2v) is 11.1. The molecule has 3 N–H and O–H groups in total. The molecule has 234 valence electrons. The summed E-state index contributed by atoms with van der Waals surface area (Å²) in [5, 5.41) is 7.82. The fraction of sp³-hybridized carbons (Fsp3) is 0.353. The van der Waals surface area contributed by atoms with Gasteiger partial charge in [-0.1, -0.05) is 72.8 Å². The molecule has 0 spiro atoms. The maximum absolute atomic E-state index is 13.5. The molecule has 3 amide bonds. The van der Waals surface area contributed by atoms with Gasteiger partial charge in [-0.05, 0) is 56.5 Å². The first-order valence-electron chi connectivity index (χ1n) is 14.5. The second kappa shape index (κ2) is 16.7. The number of esters is 1. The quantitative estimate of drug-likeness (QED) is 0.236. The van der Waals surface area contributed by atoms with Crippen molar-refractivity contribution in [2.75, 3.05) is 13.2 Å². The largest absolute Gasteiger partial charge is 0.489 e. The Hall–Kier alpha value is -4.86. The fourth-order valence-electron chi connectivity index (χ4n) is 4.18. The first-order chi connectivity index (χ1) is 21.0. The van der Waals surface area contributed by atoms with Crippen LogP contribution in [0.25, 0.3) is 0 Å². The van der Waals surface area contributed by atoms with Gasteiger partial charge in [-0.3, -0.25) is 9.59 Å². The van der Waals surface area contributed by atoms with E-state index in [9.17, 15) is 19.2 Å². The van der Waals surface area contributed by atoms with E-state index in [1.165, 1.54) is 0 Å². The number of carbonyl (C=O) groups is 4. The average molecular weight is 604 g/mol. The highest BCUT2D eigenvalue weighted by atomic mass is 16.6. The van der Waals surface area contributed by atoms with Crippen LogP contribution in [0.4, 0.5) is 4.79 Å². The molecule has 10 heteroatoms. The van der Waals surface area contributed by atoms with Crippen LogP contribution in [0.5, 0.6) is 5.75 Å². The summed E-state index contributed by atoms with van der Waals surface area (Å²) >= 11 is 0. The van der Waals surface area contributed by atoms with Crippen molar-refractivity contribution >= 4 is 23.9 Å². The molecule has 3 aromatic carbocycles. The molecule has 0 aliphatic rings. The molecule has 10 nitrogen and oxygen atoms in total. The van der Waals surface area contributed by atoms with Crippen molar-refractivity contribution in [2.24, 2.45) is 0 Å². The third-order valence-corrected chi connectivity index (χ3v) is 6.23. The summed E-state index contributed by atoms with van der Waals surface area (Å²) < 4.78 is 16.3. The number of alkyl carbamates (subject to hydrolysis) is 1. The third-order valence-electron chi connectivity index (χ3n) is 6.23. The highest BCUT2D eigenvalue weighted by Crippen LogP contribution is 2.16. The zero-order chi connectivity index (χ0) is 32.0. The lowest BCUT2D eigenvalue weighted by Gasteiger charge is -2.23. The van der Waals surface area contributed by atoms with E-state index >= 15 is 0 Å². The molecule has 0 bridgehead atoms. The molecule has 2 atom stereocenters. The Balaban J connectivity index is 1.68. The van der Waals surface area contributed by atoms with E-state index in [0.717, 1.165) is 16.7 Å². The number of rotatable bonds is 14. The summed E-state index contributed by atoms with van der Waals surface area (Å²) in [4.78, 5) is 51.2. The van der Waals surface area contributed by atoms with Crippen molar-refractivity contribution in [2.45, 2.75) is 64.8 Å². The van der Waals surface area contributed by atoms with Crippen molar-refractivity contribution < 1.29 is 33.4 Å². The topological polar surface area (TPSA) is 132 Å². The number of ether oxygens (including phenoxy) is 3. The Bertz CT molecular complexity index is 1360. The van der Waals surface area contributed by atoms with Crippen LogP contribution in [-0.4, -0.2) is 54.7 Å². The predicted octanol–water partition coefficient (Wildman–Crippen LogP) is 4.11. The molecular formula is C34H41N3O7. The minimum Gasteiger partial charge on any atom is -0.489 e. The van der Waals surface area contributed by atoms with Crippen LogP contribution >= 0.6 is 0 Å². The summed E-state index contributed by atoms with van der Waals surface area (Å²) in [6, 6.07) is 24.2. The van der Waals surface area contributed by atoms with Gasteiger partial charge in [0.25, 0.3) is 0 Å². The SMILES string of the molecule is CCOC(=O)[C@@H](Cc1ccc(OCc2ccccc2)cc1)NC(=O)[C@H](Cc1ccccc1)NC(=O)CNC(=O)OC(C)(C)C. The first-order valence-corrected chi connectivity index (χ1v) is 14.5. The molecule has 0 saturated heterocycles. The number of hydrogen-bond donors (Lipinski definition) is 3. The highest BCUT2D eigenvalue weighted by molar-refractivity contribution is 5.92. The summed E-state index contributed by atoms with van der Waals surface area (Å²) in [7, 11) is 0. The fourth-order valence-corrected chi connectivity index (χ4v) is 4.18. The van der Waals surface area contributed by atoms with E-state index in [-0.39, 0.29) is 19.4 Å². The zero-order valence-electron chi connectivity index (χ0n) is 25.6. The molecule has 0 fully saturated rings. The van der Waals surface area contributed by atoms with Gasteiger partial charge in [0.05, 0.1) is 6.61 Å². The summed E-state index contributed by atoms with van der Waals surface area (Å²) in [5.74, 6) is -1.09. The summed E-state index contributed by atoms with van der Waals surface area (Å²) in [6.07, 6.45) is -0.431. The van der Waals surface area contributed by atoms with E-state index < -0.39 is 48.1 Å². The lowest BCUT2D eigenvalue weighted by atomic mass is 10.0. The molecule has 0 radical (unpaired) electrons. The van der Waals surface area contributed by atoms with Gasteiger partial charge in [0.2, 0.25) is 11.8 Å². The van der Waals surface area contributed by atoms with Crippen molar-refractivity contribution in [3.8, 4) is 5.75 Å². The molecule has 0 aliphatic carbocycles. The minimum absolute atomic E-state index is 0.137. The van der Waals surface area contributed by atoms with Gasteiger partial charge in [0, 0.05) is 12.8 Å². The Morgan fingerprint density at radius 3 is 1.89 bits per heavy atom. The van der Waals surface area contributed by atoms with Gasteiger partial charge in [-0.25, -0.2) is 9.59 Å². The monoisotopic (exact) mass is 603 g/mol. The van der Waals surface area contributed by atoms with Crippen LogP contribution in [0.1, 0.15) is 44.4 Å². The molecule has 3 aromatic rings. The predicted molar refractivity (Wildman–Crippen MR) is 166 cm³/mol. The van der Waals surface area contributed by atoms with Gasteiger partial charge >= 0.3 is 12.1 Å². The van der Waals surface area contributed by atoms with Crippen molar-refractivity contribution in [3.63, 3.8) is 0 Å². The van der Waals surface area contributed by atoms with Gasteiger partial charge in [0.1, 0.15) is 36.6 Å². The van der Waals surface area contributed by atoms with Crippen LogP contribution in [0, 0.1) is 0 Å². The van der Waals surface area contributed by atoms with Crippen molar-refractivity contribution in [1.29, 1.82) is 0 Å². The third kappa shape index (κ3) is 12.2. The lowest BCUT2D eigenvalue weighted by molar-refractivity contribution is -0.147. The molecule has 44 heavy (non-hydrogen) atoms. The van der Waals surface area contributed by atoms with Crippen LogP contribution in [0.15, 0.2) is 84.9 Å². The van der Waals surface area contributed by atoms with Crippen LogP contribution in [0.2, 0.25) is 0 Å². The van der Waals surface area contributed by atoms with E-state index in [4.69, 9.17) is 14.2 Å². The van der Waals surface area contributed by atoms with Gasteiger partial charge < -0.3 is 30.2 Å². The Kier molecular flexibility index (Phi) is 12.8. The molecule has 3 rings (SSSR count). The Morgan fingerprint density at radius 2 is 1.30 bits per heavy atom. The minimum atomic E-state index is -1.03. The second-order valence-electron chi connectivity index (χ2n) is 11.1. The number of carbonyl (C=O) groups excluding carboxylic acids is 4. The standard InChI is InChI=1S/C34H41N3O7/c1-5-42-32(40)29(21-25-16-18-27(19-17-25)43-23-26-14-10-7-11-15-26)37-31(39)28(20-24-12-8-6-9-13-24)36-30(38)22-35-33(41)44-34(2,3)4/h6-19,28-29H,5,20-23H2,1-4H3,(H,35,41)(H,36,38)(H,37,39)/t28-,29+/m0/s1. The first kappa shape index (κ1) is 33.6. The number of benzene rings is 3. The van der Waals surface area contributed by atoms with Crippen LogP contribution < -0.4 is 20.7 Å². The Morgan fingerprint density at radius 1 is 0.727 bits per heavy atom. The maximum Gasteiger partial charge on any atom is 0.408 e. The average Bonchev–Trinajstić information content (AvgIpc) is 2.99. The zero-order valence-corrected chi connectivity index (χ0v) is 25.6.